The van der Waals surface area contributed by atoms with Crippen LogP contribution in [-0.2, 0) is 23.8 Å². The van der Waals surface area contributed by atoms with Gasteiger partial charge in [-0.15, -0.1) is 0 Å². The van der Waals surface area contributed by atoms with Gasteiger partial charge < -0.3 is 19.3 Å². The quantitative estimate of drug-likeness (QED) is 0.531. The minimum Gasteiger partial charge on any atom is -0.479 e. The first-order valence-electron chi connectivity index (χ1n) is 4.30. The van der Waals surface area contributed by atoms with Gasteiger partial charge in [-0.2, -0.15) is 11.8 Å². The summed E-state index contributed by atoms with van der Waals surface area (Å²) < 4.78 is 14.4. The van der Waals surface area contributed by atoms with Crippen molar-refractivity contribution in [3.8, 4) is 0 Å². The first kappa shape index (κ1) is 12.3. The molecule has 1 fully saturated rings. The number of hydrogen-bond acceptors (Lipinski definition) is 6. The van der Waals surface area contributed by atoms with E-state index in [1.807, 2.05) is 0 Å². The summed E-state index contributed by atoms with van der Waals surface area (Å²) in [6.45, 7) is 0.489. The van der Waals surface area contributed by atoms with Crippen LogP contribution in [0.4, 0.5) is 0 Å². The van der Waals surface area contributed by atoms with Crippen molar-refractivity contribution in [1.82, 2.24) is 0 Å². The molecular weight excluding hydrogens is 224 g/mol. The first-order valence-corrected chi connectivity index (χ1v) is 5.46. The fourth-order valence-electron chi connectivity index (χ4n) is 1.02. The molecule has 0 amide bonds. The average molecular weight is 236 g/mol. The molecule has 1 rings (SSSR count). The lowest BCUT2D eigenvalue weighted by atomic mass is 10.3. The van der Waals surface area contributed by atoms with E-state index in [1.54, 1.807) is 11.8 Å². The van der Waals surface area contributed by atoms with Crippen LogP contribution in [0.15, 0.2) is 0 Å². The molecule has 86 valence electrons. The lowest BCUT2D eigenvalue weighted by Gasteiger charge is -2.24. The third-order valence-corrected chi connectivity index (χ3v) is 2.68. The molecule has 0 radical (unpaired) electrons. The molecule has 0 aromatic rings. The molecule has 1 saturated heterocycles. The van der Waals surface area contributed by atoms with E-state index < -0.39 is 24.3 Å². The highest BCUT2D eigenvalue weighted by Gasteiger charge is 2.32. The zero-order chi connectivity index (χ0) is 11.3. The third kappa shape index (κ3) is 3.69. The van der Waals surface area contributed by atoms with Gasteiger partial charge in [-0.1, -0.05) is 0 Å². The number of carboxylic acids is 1. The Hall–Kier alpha value is -0.790. The molecule has 1 aliphatic rings. The number of carbonyl (C=O) groups is 2. The standard InChI is InChI=1S/C8H12O6S/c1-12-8(11)6(7(9)10)14-5-4-15-3-2-13-5/h5-6H,2-4H2,1H3,(H,9,10). The van der Waals surface area contributed by atoms with E-state index >= 15 is 0 Å². The highest BCUT2D eigenvalue weighted by Crippen LogP contribution is 2.15. The van der Waals surface area contributed by atoms with Crippen LogP contribution in [0, 0.1) is 0 Å². The maximum atomic E-state index is 11.0. The Labute approximate surface area is 90.9 Å². The maximum absolute atomic E-state index is 11.0. The zero-order valence-electron chi connectivity index (χ0n) is 8.17. The number of thioether (sulfide) groups is 1. The van der Waals surface area contributed by atoms with Crippen molar-refractivity contribution in [1.29, 1.82) is 0 Å². The van der Waals surface area contributed by atoms with Gasteiger partial charge in [-0.05, 0) is 0 Å². The summed E-state index contributed by atoms with van der Waals surface area (Å²) in [4.78, 5) is 21.7. The summed E-state index contributed by atoms with van der Waals surface area (Å²) >= 11 is 1.58. The highest BCUT2D eigenvalue weighted by molar-refractivity contribution is 7.99. The van der Waals surface area contributed by atoms with Gasteiger partial charge >= 0.3 is 11.9 Å². The van der Waals surface area contributed by atoms with Gasteiger partial charge in [0.1, 0.15) is 0 Å². The average Bonchev–Trinajstić information content (AvgIpc) is 2.26. The van der Waals surface area contributed by atoms with Crippen LogP contribution in [0.25, 0.3) is 0 Å². The van der Waals surface area contributed by atoms with Crippen molar-refractivity contribution in [2.24, 2.45) is 0 Å². The van der Waals surface area contributed by atoms with Crippen molar-refractivity contribution in [3.05, 3.63) is 0 Å². The van der Waals surface area contributed by atoms with E-state index in [9.17, 15) is 9.59 Å². The molecule has 2 unspecified atom stereocenters. The molecule has 0 aromatic carbocycles. The molecular formula is C8H12O6S. The Balaban J connectivity index is 2.49. The third-order valence-electron chi connectivity index (χ3n) is 1.71. The molecule has 1 heterocycles. The minimum absolute atomic E-state index is 0.489. The number of hydrogen-bond donors (Lipinski definition) is 1. The second kappa shape index (κ2) is 5.94. The topological polar surface area (TPSA) is 82.1 Å². The van der Waals surface area contributed by atoms with Gasteiger partial charge in [-0.25, -0.2) is 9.59 Å². The fraction of sp³-hybridized carbons (Fsp3) is 0.750. The maximum Gasteiger partial charge on any atom is 0.346 e. The molecule has 0 aliphatic carbocycles. The van der Waals surface area contributed by atoms with Crippen molar-refractivity contribution < 1.29 is 28.9 Å². The van der Waals surface area contributed by atoms with E-state index in [0.29, 0.717) is 12.4 Å². The Morgan fingerprint density at radius 1 is 1.60 bits per heavy atom. The van der Waals surface area contributed by atoms with Crippen LogP contribution in [0.5, 0.6) is 0 Å². The van der Waals surface area contributed by atoms with Crippen LogP contribution in [0.3, 0.4) is 0 Å². The second-order valence-corrected chi connectivity index (χ2v) is 3.90. The van der Waals surface area contributed by atoms with E-state index in [1.165, 1.54) is 0 Å². The summed E-state index contributed by atoms with van der Waals surface area (Å²) in [6, 6.07) is 0. The number of methoxy groups -OCH3 is 1. The van der Waals surface area contributed by atoms with Crippen LogP contribution >= 0.6 is 11.8 Å². The molecule has 0 bridgehead atoms. The fourth-order valence-corrected chi connectivity index (χ4v) is 1.77. The molecule has 15 heavy (non-hydrogen) atoms. The van der Waals surface area contributed by atoms with Crippen molar-refractivity contribution >= 4 is 23.7 Å². The minimum atomic E-state index is -1.61. The molecule has 7 heteroatoms. The second-order valence-electron chi connectivity index (χ2n) is 2.75. The predicted molar refractivity (Wildman–Crippen MR) is 51.6 cm³/mol. The van der Waals surface area contributed by atoms with Crippen molar-refractivity contribution in [3.63, 3.8) is 0 Å². The summed E-state index contributed by atoms with van der Waals surface area (Å²) in [7, 11) is 1.11. The smallest absolute Gasteiger partial charge is 0.346 e. The van der Waals surface area contributed by atoms with Gasteiger partial charge in [0.2, 0.25) is 0 Å². The van der Waals surface area contributed by atoms with Crippen LogP contribution in [0.1, 0.15) is 0 Å². The summed E-state index contributed by atoms with van der Waals surface area (Å²) in [5.41, 5.74) is 0. The largest absolute Gasteiger partial charge is 0.479 e. The first-order chi connectivity index (χ1) is 7.15. The number of rotatable bonds is 4. The highest BCUT2D eigenvalue weighted by atomic mass is 32.2. The van der Waals surface area contributed by atoms with E-state index in [4.69, 9.17) is 14.6 Å². The predicted octanol–water partition coefficient (Wildman–Crippen LogP) is -0.281. The van der Waals surface area contributed by atoms with Gasteiger partial charge in [0.15, 0.2) is 6.29 Å². The number of carboxylic acid groups (broad SMARTS) is 1. The van der Waals surface area contributed by atoms with Crippen LogP contribution in [-0.4, -0.2) is 54.7 Å². The van der Waals surface area contributed by atoms with Crippen molar-refractivity contribution in [2.75, 3.05) is 25.2 Å². The Morgan fingerprint density at radius 3 is 2.80 bits per heavy atom. The van der Waals surface area contributed by atoms with Gasteiger partial charge in [0, 0.05) is 11.5 Å². The molecule has 0 spiro atoms. The molecule has 6 nitrogen and oxygen atoms in total. The zero-order valence-corrected chi connectivity index (χ0v) is 8.99. The molecule has 1 aliphatic heterocycles. The molecule has 2 atom stereocenters. The number of ether oxygens (including phenoxy) is 3. The number of aliphatic carboxylic acids is 1. The van der Waals surface area contributed by atoms with Gasteiger partial charge in [-0.3, -0.25) is 0 Å². The number of carbonyl (C=O) groups excluding carboxylic acids is 1. The lowest BCUT2D eigenvalue weighted by Crippen LogP contribution is -2.40. The molecule has 0 saturated carbocycles. The summed E-state index contributed by atoms with van der Waals surface area (Å²) in [6.07, 6.45) is -2.28. The summed E-state index contributed by atoms with van der Waals surface area (Å²) in [5.74, 6) is -0.945. The molecule has 0 aromatic heterocycles. The SMILES string of the molecule is COC(=O)C(OC1CSCCO1)C(=O)O. The Bertz CT molecular complexity index is 237. The number of esters is 1. The normalized spacial score (nSPS) is 23.1. The Kier molecular flexibility index (Phi) is 4.86. The Morgan fingerprint density at radius 2 is 2.33 bits per heavy atom. The van der Waals surface area contributed by atoms with E-state index in [-0.39, 0.29) is 0 Å². The van der Waals surface area contributed by atoms with E-state index in [2.05, 4.69) is 4.74 Å². The van der Waals surface area contributed by atoms with E-state index in [0.717, 1.165) is 12.9 Å². The van der Waals surface area contributed by atoms with Crippen molar-refractivity contribution in [2.45, 2.75) is 12.4 Å². The summed E-state index contributed by atoms with van der Waals surface area (Å²) in [5, 5.41) is 8.72. The van der Waals surface area contributed by atoms with Crippen LogP contribution in [0.2, 0.25) is 0 Å². The molecule has 1 N–H and O–H groups in total. The van der Waals surface area contributed by atoms with Crippen LogP contribution < -0.4 is 0 Å². The van der Waals surface area contributed by atoms with Gasteiger partial charge in [0.05, 0.1) is 13.7 Å². The lowest BCUT2D eigenvalue weighted by molar-refractivity contribution is -0.195. The van der Waals surface area contributed by atoms with Gasteiger partial charge in [0.25, 0.3) is 6.10 Å². The monoisotopic (exact) mass is 236 g/mol.